The summed E-state index contributed by atoms with van der Waals surface area (Å²) < 4.78 is 12.7. The topological polar surface area (TPSA) is 102 Å². The predicted molar refractivity (Wildman–Crippen MR) is 137 cm³/mol. The van der Waals surface area contributed by atoms with Gasteiger partial charge in [-0.2, -0.15) is 0 Å². The molecule has 178 valence electrons. The van der Waals surface area contributed by atoms with Gasteiger partial charge in [0.05, 0.1) is 29.5 Å². The average molecular weight is 480 g/mol. The molecule has 3 N–H and O–H groups in total. The van der Waals surface area contributed by atoms with Crippen LogP contribution in [-0.4, -0.2) is 78.2 Å². The third kappa shape index (κ3) is 4.98. The number of hydrogen-bond acceptors (Lipinski definition) is 10. The van der Waals surface area contributed by atoms with Crippen molar-refractivity contribution >= 4 is 49.1 Å². The van der Waals surface area contributed by atoms with Crippen molar-refractivity contribution in [3.8, 4) is 11.5 Å². The zero-order valence-corrected chi connectivity index (χ0v) is 20.3. The van der Waals surface area contributed by atoms with Crippen molar-refractivity contribution in [2.45, 2.75) is 6.42 Å². The number of nitrogens with zero attached hydrogens (tertiary/aromatic N) is 5. The number of methoxy groups -OCH3 is 1. The van der Waals surface area contributed by atoms with Crippen molar-refractivity contribution in [2.75, 3.05) is 64.5 Å². The van der Waals surface area contributed by atoms with Gasteiger partial charge < -0.3 is 30.3 Å². The molecule has 3 heterocycles. The summed E-state index contributed by atoms with van der Waals surface area (Å²) in [5.41, 5.74) is 8.41. The van der Waals surface area contributed by atoms with Crippen LogP contribution in [0.25, 0.3) is 21.1 Å². The fraction of sp³-hybridized carbons (Fsp3) is 0.375. The summed E-state index contributed by atoms with van der Waals surface area (Å²) in [5.74, 6) is 2.05. The molecule has 0 atom stereocenters. The molecule has 1 aliphatic rings. The first-order valence-corrected chi connectivity index (χ1v) is 12.2. The van der Waals surface area contributed by atoms with E-state index in [4.69, 9.17) is 15.2 Å². The van der Waals surface area contributed by atoms with Gasteiger partial charge >= 0.3 is 0 Å². The molecule has 2 aromatic carbocycles. The first-order chi connectivity index (χ1) is 16.6. The molecule has 4 aromatic rings. The van der Waals surface area contributed by atoms with Gasteiger partial charge in [-0.3, -0.25) is 0 Å². The smallest absolute Gasteiger partial charge is 0.181 e. The lowest BCUT2D eigenvalue weighted by atomic mass is 10.2. The zero-order valence-electron chi connectivity index (χ0n) is 19.5. The zero-order chi connectivity index (χ0) is 23.5. The minimum Gasteiger partial charge on any atom is -0.493 e. The van der Waals surface area contributed by atoms with Crippen molar-refractivity contribution in [1.82, 2.24) is 24.8 Å². The number of rotatable bonds is 8. The van der Waals surface area contributed by atoms with E-state index in [1.165, 1.54) is 11.3 Å². The summed E-state index contributed by atoms with van der Waals surface area (Å²) in [6.07, 6.45) is 2.52. The molecule has 2 aromatic heterocycles. The summed E-state index contributed by atoms with van der Waals surface area (Å²) in [6.45, 7) is 6.15. The van der Waals surface area contributed by atoms with Gasteiger partial charge in [0, 0.05) is 49.9 Å². The van der Waals surface area contributed by atoms with Crippen LogP contribution >= 0.6 is 11.3 Å². The van der Waals surface area contributed by atoms with Gasteiger partial charge in [0.15, 0.2) is 16.6 Å². The minimum atomic E-state index is 0.556. The molecule has 1 aliphatic heterocycles. The standard InChI is InChI=1S/C24H29N7O2S/c1-30-7-9-31(10-8-30)6-3-11-33-21-14-19-17(13-20(21)32-2)23(27-15-26-19)28-16-4-5-18-22(12-16)34-24(25)29-18/h4-5,12-15H,3,6-11H2,1-2H3,(H2,25,29)(H,26,27,28). The van der Waals surface area contributed by atoms with E-state index < -0.39 is 0 Å². The number of nitrogens with one attached hydrogen (secondary N) is 1. The molecular formula is C24H29N7O2S. The molecule has 0 unspecified atom stereocenters. The Balaban J connectivity index is 1.30. The second kappa shape index (κ2) is 9.96. The molecule has 1 saturated heterocycles. The highest BCUT2D eigenvalue weighted by atomic mass is 32.1. The first-order valence-electron chi connectivity index (χ1n) is 11.4. The number of anilines is 3. The fourth-order valence-corrected chi connectivity index (χ4v) is 4.91. The molecule has 0 aliphatic carbocycles. The second-order valence-corrected chi connectivity index (χ2v) is 9.51. The number of aromatic nitrogens is 3. The summed E-state index contributed by atoms with van der Waals surface area (Å²) in [4.78, 5) is 18.1. The molecule has 34 heavy (non-hydrogen) atoms. The van der Waals surface area contributed by atoms with E-state index in [0.717, 1.165) is 66.0 Å². The van der Waals surface area contributed by atoms with Gasteiger partial charge in [-0.1, -0.05) is 11.3 Å². The first kappa shape index (κ1) is 22.6. The predicted octanol–water partition coefficient (Wildman–Crippen LogP) is 3.59. The van der Waals surface area contributed by atoms with E-state index in [9.17, 15) is 0 Å². The van der Waals surface area contributed by atoms with Gasteiger partial charge in [-0.15, -0.1) is 0 Å². The number of nitrogens with two attached hydrogens (primary N) is 1. The summed E-state index contributed by atoms with van der Waals surface area (Å²) >= 11 is 1.46. The Morgan fingerprint density at radius 2 is 1.91 bits per heavy atom. The van der Waals surface area contributed by atoms with E-state index >= 15 is 0 Å². The largest absolute Gasteiger partial charge is 0.493 e. The van der Waals surface area contributed by atoms with E-state index in [-0.39, 0.29) is 0 Å². The molecule has 9 nitrogen and oxygen atoms in total. The number of benzene rings is 2. The van der Waals surface area contributed by atoms with E-state index in [2.05, 4.69) is 37.1 Å². The molecule has 10 heteroatoms. The van der Waals surface area contributed by atoms with Crippen LogP contribution in [0.1, 0.15) is 6.42 Å². The Morgan fingerprint density at radius 3 is 2.74 bits per heavy atom. The van der Waals surface area contributed by atoms with Crippen LogP contribution in [0.3, 0.4) is 0 Å². The Kier molecular flexibility index (Phi) is 6.61. The number of fused-ring (bicyclic) bond motifs is 2. The van der Waals surface area contributed by atoms with Crippen molar-refractivity contribution in [3.63, 3.8) is 0 Å². The monoisotopic (exact) mass is 479 g/mol. The summed E-state index contributed by atoms with van der Waals surface area (Å²) in [7, 11) is 3.82. The third-order valence-corrected chi connectivity index (χ3v) is 6.91. The summed E-state index contributed by atoms with van der Waals surface area (Å²) in [6, 6.07) is 9.78. The number of likely N-dealkylation sites (N-methyl/N-ethyl adjacent to an activating group) is 1. The lowest BCUT2D eigenvalue weighted by Gasteiger charge is -2.32. The van der Waals surface area contributed by atoms with Crippen molar-refractivity contribution in [1.29, 1.82) is 0 Å². The van der Waals surface area contributed by atoms with Gasteiger partial charge in [-0.25, -0.2) is 15.0 Å². The summed E-state index contributed by atoms with van der Waals surface area (Å²) in [5, 5.41) is 4.80. The number of thiazole rings is 1. The second-order valence-electron chi connectivity index (χ2n) is 8.45. The van der Waals surface area contributed by atoms with Crippen LogP contribution in [0.4, 0.5) is 16.6 Å². The lowest BCUT2D eigenvalue weighted by Crippen LogP contribution is -2.44. The highest BCUT2D eigenvalue weighted by Crippen LogP contribution is 2.35. The van der Waals surface area contributed by atoms with Crippen molar-refractivity contribution in [3.05, 3.63) is 36.7 Å². The van der Waals surface area contributed by atoms with Crippen LogP contribution in [0, 0.1) is 0 Å². The highest BCUT2D eigenvalue weighted by Gasteiger charge is 2.15. The normalized spacial score (nSPS) is 15.1. The molecule has 0 bridgehead atoms. The van der Waals surface area contributed by atoms with E-state index in [1.807, 2.05) is 30.3 Å². The van der Waals surface area contributed by atoms with Gasteiger partial charge in [0.2, 0.25) is 0 Å². The number of piperazine rings is 1. The SMILES string of the molecule is COc1cc2c(Nc3ccc4nc(N)sc4c3)ncnc2cc1OCCCN1CCN(C)CC1. The number of nitrogen functional groups attached to an aromatic ring is 1. The van der Waals surface area contributed by atoms with E-state index in [0.29, 0.717) is 29.1 Å². The van der Waals surface area contributed by atoms with Gasteiger partial charge in [0.25, 0.3) is 0 Å². The lowest BCUT2D eigenvalue weighted by molar-refractivity contribution is 0.145. The maximum atomic E-state index is 6.10. The number of ether oxygens (including phenoxy) is 2. The van der Waals surface area contributed by atoms with Crippen LogP contribution in [0.2, 0.25) is 0 Å². The van der Waals surface area contributed by atoms with Crippen LogP contribution in [0.5, 0.6) is 11.5 Å². The Morgan fingerprint density at radius 1 is 1.06 bits per heavy atom. The Bertz CT molecular complexity index is 1290. The molecule has 0 spiro atoms. The molecule has 0 saturated carbocycles. The quantitative estimate of drug-likeness (QED) is 0.367. The van der Waals surface area contributed by atoms with Crippen LogP contribution in [-0.2, 0) is 0 Å². The molecule has 5 rings (SSSR count). The molecule has 0 radical (unpaired) electrons. The van der Waals surface area contributed by atoms with Crippen molar-refractivity contribution < 1.29 is 9.47 Å². The maximum Gasteiger partial charge on any atom is 0.181 e. The minimum absolute atomic E-state index is 0.556. The third-order valence-electron chi connectivity index (χ3n) is 6.06. The molecule has 0 amide bonds. The maximum absolute atomic E-state index is 6.10. The van der Waals surface area contributed by atoms with Crippen LogP contribution < -0.4 is 20.5 Å². The molecular weight excluding hydrogens is 450 g/mol. The van der Waals surface area contributed by atoms with Crippen molar-refractivity contribution in [2.24, 2.45) is 0 Å². The average Bonchev–Trinajstić information content (AvgIpc) is 3.22. The van der Waals surface area contributed by atoms with Gasteiger partial charge in [-0.05, 0) is 37.7 Å². The van der Waals surface area contributed by atoms with Gasteiger partial charge in [0.1, 0.15) is 12.1 Å². The van der Waals surface area contributed by atoms with E-state index in [1.54, 1.807) is 13.4 Å². The molecule has 1 fully saturated rings. The Labute approximate surface area is 202 Å². The fourth-order valence-electron chi connectivity index (χ4n) is 4.13. The van der Waals surface area contributed by atoms with Crippen LogP contribution in [0.15, 0.2) is 36.7 Å². The number of hydrogen-bond donors (Lipinski definition) is 2. The Hall–Kier alpha value is -3.21. The highest BCUT2D eigenvalue weighted by molar-refractivity contribution is 7.22.